The molecule has 1 aliphatic rings. The van der Waals surface area contributed by atoms with Crippen LogP contribution >= 0.6 is 0 Å². The monoisotopic (exact) mass is 256 g/mol. The van der Waals surface area contributed by atoms with E-state index >= 15 is 0 Å². The summed E-state index contributed by atoms with van der Waals surface area (Å²) in [6, 6.07) is 6.29. The maximum Gasteiger partial charge on any atom is 0.335 e. The minimum Gasteiger partial charge on any atom is -0.478 e. The summed E-state index contributed by atoms with van der Waals surface area (Å²) in [4.78, 5) is 19.1. The Bertz CT molecular complexity index is 623. The first kappa shape index (κ1) is 11.6. The number of rotatable bonds is 3. The number of benzene rings is 1. The van der Waals surface area contributed by atoms with Crippen molar-refractivity contribution in [3.63, 3.8) is 0 Å². The van der Waals surface area contributed by atoms with Gasteiger partial charge in [-0.1, -0.05) is 0 Å². The van der Waals surface area contributed by atoms with E-state index in [2.05, 4.69) is 9.97 Å². The van der Waals surface area contributed by atoms with Gasteiger partial charge in [-0.05, 0) is 43.5 Å². The highest BCUT2D eigenvalue weighted by Crippen LogP contribution is 2.30. The predicted molar refractivity (Wildman–Crippen MR) is 67.5 cm³/mol. The highest BCUT2D eigenvalue weighted by Gasteiger charge is 2.18. The lowest BCUT2D eigenvalue weighted by molar-refractivity contribution is 0.0697. The van der Waals surface area contributed by atoms with Crippen LogP contribution in [0, 0.1) is 0 Å². The molecule has 0 radical (unpaired) electrons. The molecule has 5 heteroatoms. The lowest BCUT2D eigenvalue weighted by Crippen LogP contribution is -1.98. The van der Waals surface area contributed by atoms with Gasteiger partial charge in [-0.2, -0.15) is 0 Å². The van der Waals surface area contributed by atoms with Gasteiger partial charge in [0.15, 0.2) is 0 Å². The zero-order valence-corrected chi connectivity index (χ0v) is 10.2. The first-order chi connectivity index (χ1) is 9.24. The molecule has 0 unspecified atom stereocenters. The molecule has 0 fully saturated rings. The third-order valence-electron chi connectivity index (χ3n) is 3.15. The number of aryl methyl sites for hydroxylation is 1. The van der Waals surface area contributed by atoms with Crippen LogP contribution in [-0.2, 0) is 12.8 Å². The van der Waals surface area contributed by atoms with Crippen LogP contribution in [0.5, 0.6) is 11.6 Å². The number of carboxylic acid groups (broad SMARTS) is 1. The molecule has 1 aromatic heterocycles. The maximum atomic E-state index is 10.8. The van der Waals surface area contributed by atoms with Crippen LogP contribution in [0.25, 0.3) is 0 Å². The highest BCUT2D eigenvalue weighted by molar-refractivity contribution is 5.87. The topological polar surface area (TPSA) is 72.3 Å². The van der Waals surface area contributed by atoms with Crippen molar-refractivity contribution in [2.45, 2.75) is 19.3 Å². The van der Waals surface area contributed by atoms with E-state index in [1.165, 1.54) is 18.5 Å². The summed E-state index contributed by atoms with van der Waals surface area (Å²) in [6.45, 7) is 0. The van der Waals surface area contributed by atoms with E-state index in [-0.39, 0.29) is 5.56 Å². The van der Waals surface area contributed by atoms with Crippen molar-refractivity contribution in [3.8, 4) is 11.6 Å². The molecule has 2 aromatic rings. The number of hydrogen-bond donors (Lipinski definition) is 1. The minimum absolute atomic E-state index is 0.236. The van der Waals surface area contributed by atoms with Gasteiger partial charge in [-0.25, -0.2) is 14.8 Å². The average Bonchev–Trinajstić information content (AvgIpc) is 2.89. The molecule has 0 saturated carbocycles. The van der Waals surface area contributed by atoms with Crippen molar-refractivity contribution < 1.29 is 14.6 Å². The SMILES string of the molecule is O=C(O)c1ccc(Oc2ncnc3c2CCC3)cc1. The number of hydrogen-bond acceptors (Lipinski definition) is 4. The quantitative estimate of drug-likeness (QED) is 0.913. The van der Waals surface area contributed by atoms with E-state index in [4.69, 9.17) is 9.84 Å². The second-order valence-corrected chi connectivity index (χ2v) is 4.39. The number of aromatic carboxylic acids is 1. The third kappa shape index (κ3) is 2.27. The molecule has 0 spiro atoms. The molecular weight excluding hydrogens is 244 g/mol. The Hall–Kier alpha value is -2.43. The smallest absolute Gasteiger partial charge is 0.335 e. The first-order valence-corrected chi connectivity index (χ1v) is 6.08. The fourth-order valence-electron chi connectivity index (χ4n) is 2.19. The largest absolute Gasteiger partial charge is 0.478 e. The molecule has 0 amide bonds. The van der Waals surface area contributed by atoms with Crippen molar-refractivity contribution in [1.82, 2.24) is 9.97 Å². The number of nitrogens with zero attached hydrogens (tertiary/aromatic N) is 2. The van der Waals surface area contributed by atoms with Crippen molar-refractivity contribution in [3.05, 3.63) is 47.4 Å². The second-order valence-electron chi connectivity index (χ2n) is 4.39. The minimum atomic E-state index is -0.950. The maximum absolute atomic E-state index is 10.8. The van der Waals surface area contributed by atoms with Crippen molar-refractivity contribution in [2.24, 2.45) is 0 Å². The normalized spacial score (nSPS) is 13.1. The van der Waals surface area contributed by atoms with Crippen LogP contribution < -0.4 is 4.74 Å². The van der Waals surface area contributed by atoms with Crippen LogP contribution in [0.15, 0.2) is 30.6 Å². The predicted octanol–water partition coefficient (Wildman–Crippen LogP) is 2.46. The third-order valence-corrected chi connectivity index (χ3v) is 3.15. The Balaban J connectivity index is 1.86. The van der Waals surface area contributed by atoms with Gasteiger partial charge in [0.1, 0.15) is 12.1 Å². The van der Waals surface area contributed by atoms with E-state index in [9.17, 15) is 4.79 Å². The van der Waals surface area contributed by atoms with Crippen molar-refractivity contribution >= 4 is 5.97 Å². The molecule has 3 rings (SSSR count). The molecule has 1 heterocycles. The van der Waals surface area contributed by atoms with Gasteiger partial charge in [0.05, 0.1) is 11.3 Å². The molecular formula is C14H12N2O3. The number of fused-ring (bicyclic) bond motifs is 1. The molecule has 96 valence electrons. The van der Waals surface area contributed by atoms with Crippen LogP contribution in [0.4, 0.5) is 0 Å². The lowest BCUT2D eigenvalue weighted by atomic mass is 10.2. The molecule has 1 aliphatic carbocycles. The Morgan fingerprint density at radius 2 is 1.95 bits per heavy atom. The first-order valence-electron chi connectivity index (χ1n) is 6.08. The van der Waals surface area contributed by atoms with Gasteiger partial charge in [0.2, 0.25) is 5.88 Å². The molecule has 0 saturated heterocycles. The standard InChI is InChI=1S/C14H12N2O3/c17-14(18)9-4-6-10(7-5-9)19-13-11-2-1-3-12(11)15-8-16-13/h4-8H,1-3H2,(H,17,18). The lowest BCUT2D eigenvalue weighted by Gasteiger charge is -2.08. The molecule has 1 N–H and O–H groups in total. The van der Waals surface area contributed by atoms with Gasteiger partial charge < -0.3 is 9.84 Å². The molecule has 0 bridgehead atoms. The van der Waals surface area contributed by atoms with Gasteiger partial charge in [-0.3, -0.25) is 0 Å². The molecule has 0 atom stereocenters. The number of ether oxygens (including phenoxy) is 1. The van der Waals surface area contributed by atoms with Gasteiger partial charge in [-0.15, -0.1) is 0 Å². The Labute approximate surface area is 109 Å². The van der Waals surface area contributed by atoms with Gasteiger partial charge in [0.25, 0.3) is 0 Å². The van der Waals surface area contributed by atoms with E-state index < -0.39 is 5.97 Å². The summed E-state index contributed by atoms with van der Waals surface area (Å²) in [6.07, 6.45) is 4.47. The Morgan fingerprint density at radius 1 is 1.16 bits per heavy atom. The van der Waals surface area contributed by atoms with Gasteiger partial charge >= 0.3 is 5.97 Å². The summed E-state index contributed by atoms with van der Waals surface area (Å²) < 4.78 is 5.71. The van der Waals surface area contributed by atoms with E-state index in [1.807, 2.05) is 0 Å². The highest BCUT2D eigenvalue weighted by atomic mass is 16.5. The Kier molecular flexibility index (Phi) is 2.87. The zero-order valence-electron chi connectivity index (χ0n) is 10.2. The zero-order chi connectivity index (χ0) is 13.2. The fourth-order valence-corrected chi connectivity index (χ4v) is 2.19. The summed E-state index contributed by atoms with van der Waals surface area (Å²) in [5.74, 6) is 0.206. The number of carbonyl (C=O) groups is 1. The van der Waals surface area contributed by atoms with E-state index in [1.54, 1.807) is 12.1 Å². The van der Waals surface area contributed by atoms with Crippen LogP contribution in [0.3, 0.4) is 0 Å². The van der Waals surface area contributed by atoms with Gasteiger partial charge in [0, 0.05) is 5.56 Å². The number of aromatic nitrogens is 2. The summed E-state index contributed by atoms with van der Waals surface area (Å²) in [5.41, 5.74) is 2.34. The molecule has 5 nitrogen and oxygen atoms in total. The number of carboxylic acids is 1. The van der Waals surface area contributed by atoms with E-state index in [0.717, 1.165) is 30.5 Å². The molecule has 0 aliphatic heterocycles. The van der Waals surface area contributed by atoms with Crippen molar-refractivity contribution in [1.29, 1.82) is 0 Å². The summed E-state index contributed by atoms with van der Waals surface area (Å²) >= 11 is 0. The van der Waals surface area contributed by atoms with Crippen LogP contribution in [-0.4, -0.2) is 21.0 Å². The van der Waals surface area contributed by atoms with E-state index in [0.29, 0.717) is 11.6 Å². The second kappa shape index (κ2) is 4.68. The fraction of sp³-hybridized carbons (Fsp3) is 0.214. The van der Waals surface area contributed by atoms with Crippen LogP contribution in [0.1, 0.15) is 28.0 Å². The Morgan fingerprint density at radius 3 is 2.68 bits per heavy atom. The van der Waals surface area contributed by atoms with Crippen LogP contribution in [0.2, 0.25) is 0 Å². The summed E-state index contributed by atoms with van der Waals surface area (Å²) in [5, 5.41) is 8.83. The molecule has 19 heavy (non-hydrogen) atoms. The molecule has 1 aromatic carbocycles. The summed E-state index contributed by atoms with van der Waals surface area (Å²) in [7, 11) is 0. The average molecular weight is 256 g/mol. The van der Waals surface area contributed by atoms with Crippen molar-refractivity contribution in [2.75, 3.05) is 0 Å².